The third-order valence-corrected chi connectivity index (χ3v) is 8.79. The predicted molar refractivity (Wildman–Crippen MR) is 175 cm³/mol. The molecule has 2 heterocycles. The van der Waals surface area contributed by atoms with E-state index in [0.29, 0.717) is 22.1 Å². The second-order valence-corrected chi connectivity index (χ2v) is 11.7. The Kier molecular flexibility index (Phi) is 6.13. The minimum atomic E-state index is -4.81. The molecule has 0 N–H and O–H groups in total. The molecule has 0 unspecified atom stereocenters. The number of aryl methyl sites for hydroxylation is 2. The molecule has 0 saturated carbocycles. The van der Waals surface area contributed by atoms with Crippen molar-refractivity contribution in [3.8, 4) is 22.5 Å². The number of aromatic nitrogens is 2. The van der Waals surface area contributed by atoms with E-state index in [1.165, 1.54) is 12.1 Å². The fourth-order valence-electron chi connectivity index (χ4n) is 6.81. The van der Waals surface area contributed by atoms with Crippen LogP contribution in [0.5, 0.6) is 0 Å². The number of alkyl halides is 3. The highest BCUT2D eigenvalue weighted by Crippen LogP contribution is 2.45. The lowest BCUT2D eigenvalue weighted by Gasteiger charge is -2.22. The van der Waals surface area contributed by atoms with E-state index >= 15 is 22.0 Å². The summed E-state index contributed by atoms with van der Waals surface area (Å²) in [6, 6.07) is 31.8. The fraction of sp³-hybridized carbons (Fsp3) is 0.0769. The van der Waals surface area contributed by atoms with Crippen LogP contribution in [-0.2, 0) is 6.18 Å². The average Bonchev–Trinajstić information content (AvgIpc) is 3.52. The maximum absolute atomic E-state index is 15.7. The van der Waals surface area contributed by atoms with Crippen molar-refractivity contribution in [3.63, 3.8) is 0 Å². The van der Waals surface area contributed by atoms with Gasteiger partial charge in [-0.15, -0.1) is 0 Å². The highest BCUT2D eigenvalue weighted by Gasteiger charge is 2.37. The highest BCUT2D eigenvalue weighted by atomic mass is 19.4. The largest absolute Gasteiger partial charge is 0.418 e. The molecule has 46 heavy (non-hydrogen) atoms. The molecule has 6 aromatic carbocycles. The van der Waals surface area contributed by atoms with Crippen molar-refractivity contribution in [2.75, 3.05) is 0 Å². The van der Waals surface area contributed by atoms with E-state index in [1.807, 2.05) is 80.6 Å². The fourth-order valence-corrected chi connectivity index (χ4v) is 6.81. The van der Waals surface area contributed by atoms with Gasteiger partial charge in [-0.3, -0.25) is 0 Å². The molecule has 0 spiro atoms. The van der Waals surface area contributed by atoms with Gasteiger partial charge in [0.15, 0.2) is 0 Å². The van der Waals surface area contributed by atoms with Gasteiger partial charge in [-0.1, -0.05) is 66.7 Å². The number of para-hydroxylation sites is 2. The minimum Gasteiger partial charge on any atom is -0.309 e. The van der Waals surface area contributed by atoms with Crippen LogP contribution in [0.2, 0.25) is 0 Å². The van der Waals surface area contributed by atoms with Gasteiger partial charge in [0.25, 0.3) is 0 Å². The van der Waals surface area contributed by atoms with Crippen molar-refractivity contribution >= 4 is 43.6 Å². The topological polar surface area (TPSA) is 9.86 Å². The second-order valence-electron chi connectivity index (χ2n) is 11.7. The first-order chi connectivity index (χ1) is 22.1. The van der Waals surface area contributed by atoms with Gasteiger partial charge in [0, 0.05) is 27.1 Å². The Morgan fingerprint density at radius 2 is 0.957 bits per heavy atom. The second kappa shape index (κ2) is 10.0. The van der Waals surface area contributed by atoms with E-state index in [9.17, 15) is 0 Å². The molecule has 2 aromatic heterocycles. The van der Waals surface area contributed by atoms with Crippen LogP contribution in [0.15, 0.2) is 115 Å². The standard InChI is InChI=1S/C39H25F5N2/c1-22-14-16-26-24-8-3-5-12-32(24)45(34(26)18-22)36-21-29(39(42,43)44)37(20-28(36)38-30(40)10-7-11-31(38)41)46-33-13-6-4-9-25(33)27-17-15-23(2)19-35(27)46/h3-21H,1-2H3. The molecule has 7 heteroatoms. The van der Waals surface area contributed by atoms with E-state index in [-0.39, 0.29) is 16.9 Å². The number of rotatable bonds is 3. The predicted octanol–water partition coefficient (Wildman–Crippen LogP) is 11.5. The zero-order chi connectivity index (χ0) is 31.9. The third kappa shape index (κ3) is 4.15. The zero-order valence-corrected chi connectivity index (χ0v) is 24.8. The van der Waals surface area contributed by atoms with Crippen molar-refractivity contribution in [1.29, 1.82) is 0 Å². The molecule has 0 aliphatic heterocycles. The number of nitrogens with zero attached hydrogens (tertiary/aromatic N) is 2. The van der Waals surface area contributed by atoms with Crippen LogP contribution in [0.25, 0.3) is 66.1 Å². The summed E-state index contributed by atoms with van der Waals surface area (Å²) in [5.74, 6) is -1.75. The van der Waals surface area contributed by atoms with Gasteiger partial charge in [0.2, 0.25) is 0 Å². The molecule has 0 bridgehead atoms. The minimum absolute atomic E-state index is 0.00124. The molecule has 2 nitrogen and oxygen atoms in total. The molecule has 0 aliphatic rings. The van der Waals surface area contributed by atoms with Crippen LogP contribution in [-0.4, -0.2) is 9.13 Å². The number of hydrogen-bond donors (Lipinski definition) is 0. The van der Waals surface area contributed by atoms with Crippen LogP contribution in [0.3, 0.4) is 0 Å². The number of hydrogen-bond acceptors (Lipinski definition) is 0. The molecule has 0 amide bonds. The smallest absolute Gasteiger partial charge is 0.309 e. The number of benzene rings is 6. The molecule has 0 atom stereocenters. The molecule has 226 valence electrons. The Labute approximate surface area is 260 Å². The molecule has 8 aromatic rings. The van der Waals surface area contributed by atoms with E-state index in [2.05, 4.69) is 0 Å². The van der Waals surface area contributed by atoms with Gasteiger partial charge in [0.1, 0.15) is 11.6 Å². The Morgan fingerprint density at radius 3 is 1.48 bits per heavy atom. The summed E-state index contributed by atoms with van der Waals surface area (Å²) < 4.78 is 80.8. The van der Waals surface area contributed by atoms with Crippen LogP contribution >= 0.6 is 0 Å². The Bertz CT molecular complexity index is 2500. The van der Waals surface area contributed by atoms with E-state index in [0.717, 1.165) is 50.9 Å². The number of fused-ring (bicyclic) bond motifs is 6. The maximum atomic E-state index is 15.7. The van der Waals surface area contributed by atoms with Gasteiger partial charge in [0.05, 0.1) is 44.6 Å². The highest BCUT2D eigenvalue weighted by molar-refractivity contribution is 6.11. The maximum Gasteiger partial charge on any atom is 0.418 e. The van der Waals surface area contributed by atoms with Crippen molar-refractivity contribution in [1.82, 2.24) is 9.13 Å². The summed E-state index contributed by atoms with van der Waals surface area (Å²) in [5.41, 5.74) is 2.60. The molecule has 0 fully saturated rings. The molecular formula is C39H25F5N2. The SMILES string of the molecule is Cc1ccc2c3ccccc3n(-c3cc(C(F)(F)F)c(-n4c5ccccc5c5ccc(C)cc54)cc3-c3c(F)cccc3F)c2c1. The van der Waals surface area contributed by atoms with Gasteiger partial charge in [-0.25, -0.2) is 8.78 Å². The lowest BCUT2D eigenvalue weighted by Crippen LogP contribution is -2.13. The Hall–Kier alpha value is -5.43. The molecule has 0 aliphatic carbocycles. The third-order valence-electron chi connectivity index (χ3n) is 8.79. The van der Waals surface area contributed by atoms with Crippen molar-refractivity contribution < 1.29 is 22.0 Å². The summed E-state index contributed by atoms with van der Waals surface area (Å²) in [6.45, 7) is 3.77. The Morgan fingerprint density at radius 1 is 0.478 bits per heavy atom. The van der Waals surface area contributed by atoms with Gasteiger partial charge in [-0.05, 0) is 73.5 Å². The van der Waals surface area contributed by atoms with E-state index < -0.39 is 28.9 Å². The zero-order valence-electron chi connectivity index (χ0n) is 24.8. The normalized spacial score (nSPS) is 12.2. The lowest BCUT2D eigenvalue weighted by molar-refractivity contribution is -0.137. The van der Waals surface area contributed by atoms with Gasteiger partial charge in [-0.2, -0.15) is 13.2 Å². The first-order valence-electron chi connectivity index (χ1n) is 14.8. The molecular weight excluding hydrogens is 591 g/mol. The van der Waals surface area contributed by atoms with E-state index in [1.54, 1.807) is 27.3 Å². The van der Waals surface area contributed by atoms with Crippen molar-refractivity contribution in [3.05, 3.63) is 144 Å². The van der Waals surface area contributed by atoms with Gasteiger partial charge >= 0.3 is 6.18 Å². The van der Waals surface area contributed by atoms with Crippen LogP contribution in [0.1, 0.15) is 16.7 Å². The average molecular weight is 617 g/mol. The first-order valence-corrected chi connectivity index (χ1v) is 14.8. The van der Waals surface area contributed by atoms with Gasteiger partial charge < -0.3 is 9.13 Å². The molecule has 0 saturated heterocycles. The first kappa shape index (κ1) is 28.1. The summed E-state index contributed by atoms with van der Waals surface area (Å²) in [7, 11) is 0. The summed E-state index contributed by atoms with van der Waals surface area (Å²) in [5, 5.41) is 3.17. The monoisotopic (exact) mass is 616 g/mol. The molecule has 0 radical (unpaired) electrons. The summed E-state index contributed by atoms with van der Waals surface area (Å²) >= 11 is 0. The molecule has 8 rings (SSSR count). The Balaban J connectivity index is 1.60. The van der Waals surface area contributed by atoms with Crippen LogP contribution in [0.4, 0.5) is 22.0 Å². The van der Waals surface area contributed by atoms with Crippen LogP contribution < -0.4 is 0 Å². The number of halogens is 5. The summed E-state index contributed by atoms with van der Waals surface area (Å²) in [6.07, 6.45) is -4.81. The lowest BCUT2D eigenvalue weighted by atomic mass is 9.97. The van der Waals surface area contributed by atoms with Crippen molar-refractivity contribution in [2.45, 2.75) is 20.0 Å². The quantitative estimate of drug-likeness (QED) is 0.175. The van der Waals surface area contributed by atoms with Crippen molar-refractivity contribution in [2.24, 2.45) is 0 Å². The van der Waals surface area contributed by atoms with E-state index in [4.69, 9.17) is 0 Å². The van der Waals surface area contributed by atoms with Crippen LogP contribution in [0, 0.1) is 25.5 Å². The summed E-state index contributed by atoms with van der Waals surface area (Å²) in [4.78, 5) is 0.